The van der Waals surface area contributed by atoms with E-state index < -0.39 is 0 Å². The molecule has 16 heavy (non-hydrogen) atoms. The fraction of sp³-hybridized carbons (Fsp3) is 0.0769. The van der Waals surface area contributed by atoms with Crippen LogP contribution in [-0.2, 0) is 0 Å². The fourth-order valence-electron chi connectivity index (χ4n) is 1.43. The van der Waals surface area contributed by atoms with E-state index in [0.717, 1.165) is 11.3 Å². The fourth-order valence-corrected chi connectivity index (χ4v) is 1.43. The molecule has 0 saturated carbocycles. The average Bonchev–Trinajstić information content (AvgIpc) is 2.33. The van der Waals surface area contributed by atoms with Crippen LogP contribution in [0.15, 0.2) is 36.5 Å². The van der Waals surface area contributed by atoms with Crippen LogP contribution in [0.1, 0.15) is 11.1 Å². The largest absolute Gasteiger partial charge is 0.255 e. The van der Waals surface area contributed by atoms with E-state index in [1.165, 1.54) is 12.3 Å². The van der Waals surface area contributed by atoms with Gasteiger partial charge in [-0.25, -0.2) is 4.39 Å². The predicted molar refractivity (Wildman–Crippen MR) is 59.1 cm³/mol. The number of hydrogen-bond acceptors (Lipinski definition) is 2. The molecule has 0 aliphatic carbocycles. The summed E-state index contributed by atoms with van der Waals surface area (Å²) in [4.78, 5) is 4.15. The number of aromatic nitrogens is 1. The van der Waals surface area contributed by atoms with Gasteiger partial charge in [-0.05, 0) is 42.8 Å². The molecule has 0 fully saturated rings. The third-order valence-corrected chi connectivity index (χ3v) is 2.35. The second kappa shape index (κ2) is 4.11. The van der Waals surface area contributed by atoms with Gasteiger partial charge in [0, 0.05) is 11.8 Å². The highest BCUT2D eigenvalue weighted by atomic mass is 19.1. The van der Waals surface area contributed by atoms with Crippen molar-refractivity contribution in [1.29, 1.82) is 5.26 Å². The molecule has 0 radical (unpaired) electrons. The Morgan fingerprint density at radius 3 is 2.62 bits per heavy atom. The highest BCUT2D eigenvalue weighted by Crippen LogP contribution is 2.19. The van der Waals surface area contributed by atoms with Gasteiger partial charge in [-0.15, -0.1) is 0 Å². The number of nitrogens with zero attached hydrogens (tertiary/aromatic N) is 2. The van der Waals surface area contributed by atoms with E-state index in [2.05, 4.69) is 4.98 Å². The molecule has 0 N–H and O–H groups in total. The summed E-state index contributed by atoms with van der Waals surface area (Å²) in [6.45, 7) is 1.71. The summed E-state index contributed by atoms with van der Waals surface area (Å²) in [5.74, 6) is -0.225. The van der Waals surface area contributed by atoms with Crippen molar-refractivity contribution in [3.05, 3.63) is 53.5 Å². The maximum atomic E-state index is 13.1. The minimum Gasteiger partial charge on any atom is -0.255 e. The van der Waals surface area contributed by atoms with Crippen LogP contribution >= 0.6 is 0 Å². The molecule has 2 aromatic rings. The lowest BCUT2D eigenvalue weighted by molar-refractivity contribution is 0.619. The summed E-state index contributed by atoms with van der Waals surface area (Å²) in [6.07, 6.45) is 1.51. The molecule has 0 spiro atoms. The van der Waals surface area contributed by atoms with E-state index in [1.54, 1.807) is 31.2 Å². The number of hydrogen-bond donors (Lipinski definition) is 0. The summed E-state index contributed by atoms with van der Waals surface area (Å²) >= 11 is 0. The van der Waals surface area contributed by atoms with E-state index in [4.69, 9.17) is 5.26 Å². The highest BCUT2D eigenvalue weighted by Gasteiger charge is 2.02. The summed E-state index contributed by atoms with van der Waals surface area (Å²) in [7, 11) is 0. The first-order valence-electron chi connectivity index (χ1n) is 4.83. The Morgan fingerprint density at radius 1 is 1.25 bits per heavy atom. The van der Waals surface area contributed by atoms with E-state index in [0.29, 0.717) is 11.1 Å². The van der Waals surface area contributed by atoms with Crippen molar-refractivity contribution in [2.45, 2.75) is 6.92 Å². The second-order valence-corrected chi connectivity index (χ2v) is 3.51. The Kier molecular flexibility index (Phi) is 2.65. The van der Waals surface area contributed by atoms with Crippen LogP contribution < -0.4 is 0 Å². The third-order valence-electron chi connectivity index (χ3n) is 2.35. The zero-order chi connectivity index (χ0) is 11.5. The maximum absolute atomic E-state index is 13.1. The normalized spacial score (nSPS) is 9.81. The van der Waals surface area contributed by atoms with Crippen LogP contribution in [0.4, 0.5) is 4.39 Å². The molecule has 2 nitrogen and oxygen atoms in total. The van der Waals surface area contributed by atoms with E-state index in [-0.39, 0.29) is 5.82 Å². The zero-order valence-corrected chi connectivity index (χ0v) is 8.74. The Morgan fingerprint density at radius 2 is 2.06 bits per heavy atom. The van der Waals surface area contributed by atoms with Crippen molar-refractivity contribution >= 4 is 0 Å². The topological polar surface area (TPSA) is 36.7 Å². The first-order chi connectivity index (χ1) is 7.70. The van der Waals surface area contributed by atoms with E-state index >= 15 is 0 Å². The van der Waals surface area contributed by atoms with Crippen molar-refractivity contribution in [2.24, 2.45) is 0 Å². The lowest BCUT2D eigenvalue weighted by atomic mass is 10.1. The van der Waals surface area contributed by atoms with Gasteiger partial charge in [0.05, 0.1) is 11.3 Å². The number of benzene rings is 1. The monoisotopic (exact) mass is 212 g/mol. The van der Waals surface area contributed by atoms with Gasteiger partial charge in [0.1, 0.15) is 11.9 Å². The molecule has 0 bridgehead atoms. The second-order valence-electron chi connectivity index (χ2n) is 3.51. The van der Waals surface area contributed by atoms with Gasteiger partial charge >= 0.3 is 0 Å². The lowest BCUT2D eigenvalue weighted by Crippen LogP contribution is -1.87. The van der Waals surface area contributed by atoms with Gasteiger partial charge in [0.2, 0.25) is 0 Å². The molecule has 1 aromatic carbocycles. The lowest BCUT2D eigenvalue weighted by Gasteiger charge is -2.02. The van der Waals surface area contributed by atoms with Gasteiger partial charge in [0.15, 0.2) is 0 Å². The van der Waals surface area contributed by atoms with Gasteiger partial charge in [-0.3, -0.25) is 4.98 Å². The summed E-state index contributed by atoms with van der Waals surface area (Å²) in [5.41, 5.74) is 2.69. The standard InChI is InChI=1S/C13H9FN2/c1-9-6-11(3-4-12(9)14)13-5-2-10(7-15)8-16-13/h2-6,8H,1H3. The van der Waals surface area contributed by atoms with Crippen molar-refractivity contribution in [3.63, 3.8) is 0 Å². The molecule has 0 unspecified atom stereocenters. The molecule has 1 aromatic heterocycles. The minimum atomic E-state index is -0.225. The number of aryl methyl sites for hydroxylation is 1. The van der Waals surface area contributed by atoms with Crippen molar-refractivity contribution in [2.75, 3.05) is 0 Å². The van der Waals surface area contributed by atoms with Gasteiger partial charge in [0.25, 0.3) is 0 Å². The average molecular weight is 212 g/mol. The Labute approximate surface area is 93.0 Å². The first kappa shape index (κ1) is 10.3. The van der Waals surface area contributed by atoms with Gasteiger partial charge < -0.3 is 0 Å². The number of halogens is 1. The molecule has 0 atom stereocenters. The predicted octanol–water partition coefficient (Wildman–Crippen LogP) is 3.07. The third kappa shape index (κ3) is 1.91. The molecular weight excluding hydrogens is 203 g/mol. The summed E-state index contributed by atoms with van der Waals surface area (Å²) < 4.78 is 13.1. The smallest absolute Gasteiger partial charge is 0.126 e. The molecular formula is C13H9FN2. The Hall–Kier alpha value is -2.21. The molecule has 0 aliphatic heterocycles. The summed E-state index contributed by atoms with van der Waals surface area (Å²) in [5, 5.41) is 8.64. The maximum Gasteiger partial charge on any atom is 0.126 e. The van der Waals surface area contributed by atoms with E-state index in [9.17, 15) is 4.39 Å². The van der Waals surface area contributed by atoms with Crippen LogP contribution in [0.5, 0.6) is 0 Å². The van der Waals surface area contributed by atoms with Gasteiger partial charge in [-0.1, -0.05) is 0 Å². The van der Waals surface area contributed by atoms with Crippen LogP contribution in [0.3, 0.4) is 0 Å². The molecule has 2 rings (SSSR count). The summed E-state index contributed by atoms with van der Waals surface area (Å²) in [6, 6.07) is 10.3. The van der Waals surface area contributed by atoms with Crippen LogP contribution in [-0.4, -0.2) is 4.98 Å². The molecule has 1 heterocycles. The minimum absolute atomic E-state index is 0.225. The van der Waals surface area contributed by atoms with E-state index in [1.807, 2.05) is 6.07 Å². The van der Waals surface area contributed by atoms with Crippen molar-refractivity contribution in [3.8, 4) is 17.3 Å². The SMILES string of the molecule is Cc1cc(-c2ccc(C#N)cn2)ccc1F. The number of rotatable bonds is 1. The quantitative estimate of drug-likeness (QED) is 0.728. The van der Waals surface area contributed by atoms with Crippen LogP contribution in [0.2, 0.25) is 0 Å². The zero-order valence-electron chi connectivity index (χ0n) is 8.74. The molecule has 0 saturated heterocycles. The van der Waals surface area contributed by atoms with Crippen LogP contribution in [0, 0.1) is 24.1 Å². The first-order valence-corrected chi connectivity index (χ1v) is 4.83. The molecule has 0 amide bonds. The molecule has 78 valence electrons. The van der Waals surface area contributed by atoms with Crippen molar-refractivity contribution < 1.29 is 4.39 Å². The van der Waals surface area contributed by atoms with Gasteiger partial charge in [-0.2, -0.15) is 5.26 Å². The molecule has 3 heteroatoms. The highest BCUT2D eigenvalue weighted by molar-refractivity contribution is 5.60. The van der Waals surface area contributed by atoms with Crippen LogP contribution in [0.25, 0.3) is 11.3 Å². The Bertz CT molecular complexity index is 553. The molecule has 0 aliphatic rings. The van der Waals surface area contributed by atoms with Crippen molar-refractivity contribution in [1.82, 2.24) is 4.98 Å². The Balaban J connectivity index is 2.43. The number of nitriles is 1. The number of pyridine rings is 1.